The number of esters is 1. The zero-order valence-corrected chi connectivity index (χ0v) is 10.9. The van der Waals surface area contributed by atoms with Crippen LogP contribution in [0.15, 0.2) is 9.33 Å². The SMILES string of the molecule is CCOC(=O)C1C=Nc2nc(SC)sc2C1=O. The van der Waals surface area contributed by atoms with E-state index in [1.807, 2.05) is 6.26 Å². The maximum atomic E-state index is 12.0. The lowest BCUT2D eigenvalue weighted by atomic mass is 10.0. The first-order valence-electron chi connectivity index (χ1n) is 4.97. The van der Waals surface area contributed by atoms with E-state index in [9.17, 15) is 9.59 Å². The second-order valence-corrected chi connectivity index (χ2v) is 5.26. The molecule has 1 atom stereocenters. The second kappa shape index (κ2) is 4.97. The predicted molar refractivity (Wildman–Crippen MR) is 66.5 cm³/mol. The summed E-state index contributed by atoms with van der Waals surface area (Å²) in [6.45, 7) is 1.95. The summed E-state index contributed by atoms with van der Waals surface area (Å²) in [5.74, 6) is -1.33. The van der Waals surface area contributed by atoms with Crippen LogP contribution >= 0.6 is 23.1 Å². The van der Waals surface area contributed by atoms with Gasteiger partial charge in [-0.3, -0.25) is 9.59 Å². The van der Waals surface area contributed by atoms with Crippen LogP contribution in [0.4, 0.5) is 5.82 Å². The highest BCUT2D eigenvalue weighted by atomic mass is 32.2. The number of ketones is 1. The molecule has 0 aliphatic carbocycles. The first-order valence-corrected chi connectivity index (χ1v) is 7.01. The van der Waals surface area contributed by atoms with Crippen molar-refractivity contribution in [2.75, 3.05) is 12.9 Å². The summed E-state index contributed by atoms with van der Waals surface area (Å²) >= 11 is 2.71. The van der Waals surface area contributed by atoms with Crippen molar-refractivity contribution in [1.82, 2.24) is 4.98 Å². The second-order valence-electron chi connectivity index (χ2n) is 3.21. The molecule has 1 aliphatic rings. The number of ether oxygens (including phenoxy) is 1. The number of fused-ring (bicyclic) bond motifs is 1. The molecule has 0 spiro atoms. The zero-order chi connectivity index (χ0) is 12.4. The van der Waals surface area contributed by atoms with Gasteiger partial charge in [-0.25, -0.2) is 9.98 Å². The van der Waals surface area contributed by atoms with E-state index in [0.29, 0.717) is 10.7 Å². The number of aliphatic imine (C=N–C) groups is 1. The molecule has 0 saturated carbocycles. The summed E-state index contributed by atoms with van der Waals surface area (Å²) in [5.41, 5.74) is 0. The van der Waals surface area contributed by atoms with E-state index in [1.54, 1.807) is 6.92 Å². The Bertz CT molecular complexity index is 496. The van der Waals surface area contributed by atoms with Gasteiger partial charge in [0, 0.05) is 6.21 Å². The number of carbonyl (C=O) groups excluding carboxylic acids is 2. The molecule has 0 bridgehead atoms. The van der Waals surface area contributed by atoms with E-state index < -0.39 is 11.9 Å². The molecule has 0 fully saturated rings. The van der Waals surface area contributed by atoms with Crippen LogP contribution in [0, 0.1) is 5.92 Å². The van der Waals surface area contributed by atoms with Crippen molar-refractivity contribution in [3.63, 3.8) is 0 Å². The number of carbonyl (C=O) groups is 2. The minimum atomic E-state index is -0.919. The van der Waals surface area contributed by atoms with Crippen LogP contribution in [0.5, 0.6) is 0 Å². The van der Waals surface area contributed by atoms with Gasteiger partial charge in [-0.15, -0.1) is 11.3 Å². The zero-order valence-electron chi connectivity index (χ0n) is 9.30. The average Bonchev–Trinajstić information content (AvgIpc) is 2.73. The number of Topliss-reactive ketones (excluding diaryl/α,β-unsaturated/α-hetero) is 1. The number of hydrogen-bond acceptors (Lipinski definition) is 7. The number of aromatic nitrogens is 1. The summed E-state index contributed by atoms with van der Waals surface area (Å²) in [6.07, 6.45) is 3.19. The highest BCUT2D eigenvalue weighted by Crippen LogP contribution is 2.35. The fraction of sp³-hybridized carbons (Fsp3) is 0.400. The topological polar surface area (TPSA) is 68.6 Å². The molecule has 1 aromatic rings. The molecule has 17 heavy (non-hydrogen) atoms. The maximum Gasteiger partial charge on any atom is 0.322 e. The van der Waals surface area contributed by atoms with Crippen molar-refractivity contribution in [2.24, 2.45) is 10.9 Å². The third kappa shape index (κ3) is 2.25. The standard InChI is InChI=1S/C10H10N2O3S2/c1-3-15-9(14)5-4-11-8-7(6(5)13)17-10(12-8)16-2/h4-5H,3H2,1-2H3. The molecule has 1 aromatic heterocycles. The number of thiazole rings is 1. The van der Waals surface area contributed by atoms with E-state index in [2.05, 4.69) is 9.98 Å². The minimum Gasteiger partial charge on any atom is -0.465 e. The van der Waals surface area contributed by atoms with E-state index in [1.165, 1.54) is 29.3 Å². The molecular formula is C10H10N2O3S2. The van der Waals surface area contributed by atoms with E-state index in [4.69, 9.17) is 4.74 Å². The molecule has 0 amide bonds. The Morgan fingerprint density at radius 2 is 2.41 bits per heavy atom. The quantitative estimate of drug-likeness (QED) is 0.477. The highest BCUT2D eigenvalue weighted by Gasteiger charge is 2.34. The minimum absolute atomic E-state index is 0.252. The Kier molecular flexibility index (Phi) is 3.58. The fourth-order valence-corrected chi connectivity index (χ4v) is 2.87. The molecule has 5 nitrogen and oxygen atoms in total. The number of nitrogens with zero attached hydrogens (tertiary/aromatic N) is 2. The lowest BCUT2D eigenvalue weighted by Gasteiger charge is -2.12. The molecular weight excluding hydrogens is 260 g/mol. The van der Waals surface area contributed by atoms with Gasteiger partial charge in [-0.2, -0.15) is 0 Å². The van der Waals surface area contributed by atoms with Crippen molar-refractivity contribution >= 4 is 46.9 Å². The largest absolute Gasteiger partial charge is 0.465 e. The first kappa shape index (κ1) is 12.3. The summed E-state index contributed by atoms with van der Waals surface area (Å²) in [4.78, 5) is 32.2. The Morgan fingerprint density at radius 1 is 1.65 bits per heavy atom. The lowest BCUT2D eigenvalue weighted by Crippen LogP contribution is -2.28. The van der Waals surface area contributed by atoms with Crippen molar-refractivity contribution in [2.45, 2.75) is 11.3 Å². The summed E-state index contributed by atoms with van der Waals surface area (Å²) in [5, 5.41) is 0. The molecule has 0 N–H and O–H groups in total. The average molecular weight is 270 g/mol. The number of hydrogen-bond donors (Lipinski definition) is 0. The van der Waals surface area contributed by atoms with Crippen LogP contribution in [-0.4, -0.2) is 35.8 Å². The Labute approximate surface area is 106 Å². The molecule has 2 heterocycles. The van der Waals surface area contributed by atoms with Crippen molar-refractivity contribution in [3.05, 3.63) is 4.88 Å². The summed E-state index contributed by atoms with van der Waals surface area (Å²) in [6, 6.07) is 0. The van der Waals surface area contributed by atoms with Crippen LogP contribution in [0.3, 0.4) is 0 Å². The Balaban J connectivity index is 2.28. The van der Waals surface area contributed by atoms with Gasteiger partial charge in [-0.05, 0) is 13.2 Å². The van der Waals surface area contributed by atoms with Crippen LogP contribution in [-0.2, 0) is 9.53 Å². The van der Waals surface area contributed by atoms with Gasteiger partial charge in [-0.1, -0.05) is 11.8 Å². The molecule has 0 saturated heterocycles. The van der Waals surface area contributed by atoms with Crippen molar-refractivity contribution < 1.29 is 14.3 Å². The van der Waals surface area contributed by atoms with E-state index >= 15 is 0 Å². The van der Waals surface area contributed by atoms with Crippen LogP contribution in [0.1, 0.15) is 16.6 Å². The van der Waals surface area contributed by atoms with E-state index in [0.717, 1.165) is 4.34 Å². The number of thioether (sulfide) groups is 1. The Hall–Kier alpha value is -1.21. The first-order chi connectivity index (χ1) is 8.17. The van der Waals surface area contributed by atoms with Gasteiger partial charge in [0.2, 0.25) is 0 Å². The summed E-state index contributed by atoms with van der Waals surface area (Å²) < 4.78 is 5.60. The van der Waals surface area contributed by atoms with Gasteiger partial charge in [0.25, 0.3) is 0 Å². The van der Waals surface area contributed by atoms with Crippen LogP contribution < -0.4 is 0 Å². The normalized spacial score (nSPS) is 18.0. The van der Waals surface area contributed by atoms with Gasteiger partial charge in [0.15, 0.2) is 21.9 Å². The molecule has 90 valence electrons. The van der Waals surface area contributed by atoms with Crippen LogP contribution in [0.2, 0.25) is 0 Å². The van der Waals surface area contributed by atoms with Gasteiger partial charge >= 0.3 is 5.97 Å². The third-order valence-corrected chi connectivity index (χ3v) is 4.20. The van der Waals surface area contributed by atoms with E-state index in [-0.39, 0.29) is 12.4 Å². The summed E-state index contributed by atoms with van der Waals surface area (Å²) in [7, 11) is 0. The molecule has 1 aliphatic heterocycles. The molecule has 7 heteroatoms. The molecule has 0 radical (unpaired) electrons. The lowest BCUT2D eigenvalue weighted by molar-refractivity contribution is -0.143. The molecule has 1 unspecified atom stereocenters. The highest BCUT2D eigenvalue weighted by molar-refractivity contribution is 8.00. The fourth-order valence-electron chi connectivity index (χ4n) is 1.38. The van der Waals surface area contributed by atoms with Crippen molar-refractivity contribution in [3.8, 4) is 0 Å². The van der Waals surface area contributed by atoms with Crippen molar-refractivity contribution in [1.29, 1.82) is 0 Å². The maximum absolute atomic E-state index is 12.0. The van der Waals surface area contributed by atoms with Gasteiger partial charge in [0.05, 0.1) is 6.61 Å². The van der Waals surface area contributed by atoms with Gasteiger partial charge < -0.3 is 4.74 Å². The predicted octanol–water partition coefficient (Wildman–Crippen LogP) is 1.94. The van der Waals surface area contributed by atoms with Gasteiger partial charge in [0.1, 0.15) is 4.88 Å². The Morgan fingerprint density at radius 3 is 3.06 bits per heavy atom. The number of rotatable bonds is 3. The molecule has 2 rings (SSSR count). The monoisotopic (exact) mass is 270 g/mol. The molecule has 0 aromatic carbocycles. The smallest absolute Gasteiger partial charge is 0.322 e. The van der Waals surface area contributed by atoms with Crippen LogP contribution in [0.25, 0.3) is 0 Å². The third-order valence-electron chi connectivity index (χ3n) is 2.16.